The SMILES string of the molecule is Cc1ccccc1[NH+]1c2ncncc2N(c2ccccc2)C1C.[I-]. The van der Waals surface area contributed by atoms with Crippen molar-refractivity contribution in [1.82, 2.24) is 9.97 Å². The van der Waals surface area contributed by atoms with Crippen LogP contribution in [0.2, 0.25) is 0 Å². The van der Waals surface area contributed by atoms with Crippen molar-refractivity contribution in [3.63, 3.8) is 0 Å². The first-order valence-electron chi connectivity index (χ1n) is 7.85. The van der Waals surface area contributed by atoms with Gasteiger partial charge in [0.15, 0.2) is 6.17 Å². The summed E-state index contributed by atoms with van der Waals surface area (Å²) in [6, 6.07) is 18.9. The van der Waals surface area contributed by atoms with E-state index in [-0.39, 0.29) is 30.1 Å². The van der Waals surface area contributed by atoms with Gasteiger partial charge in [0, 0.05) is 18.2 Å². The van der Waals surface area contributed by atoms with Crippen LogP contribution in [-0.2, 0) is 0 Å². The van der Waals surface area contributed by atoms with Crippen molar-refractivity contribution in [2.45, 2.75) is 20.0 Å². The molecular weight excluding hydrogens is 411 g/mol. The fourth-order valence-corrected chi connectivity index (χ4v) is 3.42. The number of hydrogen-bond acceptors (Lipinski definition) is 3. The third-order valence-corrected chi connectivity index (χ3v) is 4.48. The lowest BCUT2D eigenvalue weighted by atomic mass is 10.2. The summed E-state index contributed by atoms with van der Waals surface area (Å²) in [7, 11) is 0. The monoisotopic (exact) mass is 430 g/mol. The highest BCUT2D eigenvalue weighted by molar-refractivity contribution is 5.72. The Morgan fingerprint density at radius 1 is 1.00 bits per heavy atom. The van der Waals surface area contributed by atoms with Crippen molar-refractivity contribution >= 4 is 22.9 Å². The fraction of sp³-hybridized carbons (Fsp3) is 0.158. The van der Waals surface area contributed by atoms with Gasteiger partial charge in [-0.1, -0.05) is 36.4 Å². The number of aryl methyl sites for hydroxylation is 1. The first-order chi connectivity index (χ1) is 11.3. The van der Waals surface area contributed by atoms with E-state index in [2.05, 4.69) is 77.2 Å². The molecule has 4 rings (SSSR count). The van der Waals surface area contributed by atoms with Crippen molar-refractivity contribution in [2.75, 3.05) is 4.90 Å². The van der Waals surface area contributed by atoms with Crippen LogP contribution in [0.25, 0.3) is 0 Å². The van der Waals surface area contributed by atoms with Gasteiger partial charge in [-0.3, -0.25) is 4.90 Å². The molecule has 0 radical (unpaired) electrons. The van der Waals surface area contributed by atoms with Crippen LogP contribution in [-0.4, -0.2) is 16.1 Å². The molecule has 2 atom stereocenters. The number of aromatic nitrogens is 2. The van der Waals surface area contributed by atoms with E-state index in [0.29, 0.717) is 0 Å². The summed E-state index contributed by atoms with van der Waals surface area (Å²) in [4.78, 5) is 12.4. The quantitative estimate of drug-likeness (QED) is 0.588. The number of nitrogens with zero attached hydrogens (tertiary/aromatic N) is 3. The van der Waals surface area contributed by atoms with Gasteiger partial charge in [-0.15, -0.1) is 0 Å². The number of nitrogens with one attached hydrogen (secondary N) is 1. The number of halogens is 1. The van der Waals surface area contributed by atoms with Crippen molar-refractivity contribution in [1.29, 1.82) is 0 Å². The van der Waals surface area contributed by atoms with Crippen LogP contribution >= 0.6 is 0 Å². The Kier molecular flexibility index (Phi) is 4.82. The maximum Gasteiger partial charge on any atom is 0.260 e. The molecule has 1 aliphatic heterocycles. The number of hydrogen-bond donors (Lipinski definition) is 1. The lowest BCUT2D eigenvalue weighted by Gasteiger charge is -2.25. The van der Waals surface area contributed by atoms with Gasteiger partial charge in [0.1, 0.15) is 17.7 Å². The zero-order valence-electron chi connectivity index (χ0n) is 13.6. The highest BCUT2D eigenvalue weighted by atomic mass is 127. The number of fused-ring (bicyclic) bond motifs is 1. The standard InChI is InChI=1S/C19H18N4.HI/c1-14-8-6-7-11-17(14)23-15(2)22(16-9-4-3-5-10-16)18-12-20-13-21-19(18)23;/h3-13,15H,1-2H3;1H. The summed E-state index contributed by atoms with van der Waals surface area (Å²) in [5.74, 6) is 1.03. The van der Waals surface area contributed by atoms with Crippen LogP contribution in [0.4, 0.5) is 22.9 Å². The van der Waals surface area contributed by atoms with E-state index in [1.807, 2.05) is 12.3 Å². The van der Waals surface area contributed by atoms with Gasteiger partial charge in [0.2, 0.25) is 0 Å². The van der Waals surface area contributed by atoms with E-state index in [0.717, 1.165) is 11.5 Å². The Labute approximate surface area is 159 Å². The van der Waals surface area contributed by atoms with Crippen LogP contribution in [0.1, 0.15) is 12.5 Å². The molecule has 122 valence electrons. The second-order valence-electron chi connectivity index (χ2n) is 5.87. The van der Waals surface area contributed by atoms with Crippen LogP contribution < -0.4 is 33.8 Å². The van der Waals surface area contributed by atoms with Gasteiger partial charge in [-0.05, 0) is 25.1 Å². The lowest BCUT2D eigenvalue weighted by molar-refractivity contribution is -0.783. The molecule has 1 N–H and O–H groups in total. The number of para-hydroxylation sites is 2. The number of benzene rings is 2. The Bertz CT molecular complexity index is 838. The Balaban J connectivity index is 0.00000169. The normalized spacial score (nSPS) is 18.8. The molecule has 0 aliphatic carbocycles. The predicted molar refractivity (Wildman–Crippen MR) is 91.5 cm³/mol. The van der Waals surface area contributed by atoms with Crippen molar-refractivity contribution in [2.24, 2.45) is 0 Å². The summed E-state index contributed by atoms with van der Waals surface area (Å²) >= 11 is 0. The van der Waals surface area contributed by atoms with E-state index in [1.165, 1.54) is 21.8 Å². The van der Waals surface area contributed by atoms with Crippen molar-refractivity contribution < 1.29 is 28.9 Å². The first kappa shape index (κ1) is 16.9. The van der Waals surface area contributed by atoms with Gasteiger partial charge >= 0.3 is 0 Å². The van der Waals surface area contributed by atoms with Gasteiger partial charge in [-0.2, -0.15) is 4.98 Å². The molecule has 0 spiro atoms. The minimum absolute atomic E-state index is 0. The average Bonchev–Trinajstić information content (AvgIpc) is 2.88. The minimum atomic E-state index is 0. The fourth-order valence-electron chi connectivity index (χ4n) is 3.42. The molecule has 5 heteroatoms. The summed E-state index contributed by atoms with van der Waals surface area (Å²) in [5, 5.41) is 0. The molecule has 24 heavy (non-hydrogen) atoms. The first-order valence-corrected chi connectivity index (χ1v) is 7.85. The topological polar surface area (TPSA) is 33.5 Å². The van der Waals surface area contributed by atoms with Crippen molar-refractivity contribution in [3.8, 4) is 0 Å². The second kappa shape index (κ2) is 6.86. The number of quaternary nitrogens is 1. The molecule has 0 saturated heterocycles. The molecule has 0 amide bonds. The third kappa shape index (κ3) is 2.67. The molecular formula is C19H19IN4. The van der Waals surface area contributed by atoms with E-state index in [4.69, 9.17) is 0 Å². The molecule has 4 nitrogen and oxygen atoms in total. The summed E-state index contributed by atoms with van der Waals surface area (Å²) < 4.78 is 0. The largest absolute Gasteiger partial charge is 1.00 e. The number of rotatable bonds is 2. The molecule has 2 heterocycles. The molecule has 0 fully saturated rings. The van der Waals surface area contributed by atoms with E-state index in [1.54, 1.807) is 6.33 Å². The molecule has 2 aromatic carbocycles. The molecule has 1 aromatic heterocycles. The maximum atomic E-state index is 4.59. The number of anilines is 2. The Morgan fingerprint density at radius 3 is 2.46 bits per heavy atom. The average molecular weight is 430 g/mol. The van der Waals surface area contributed by atoms with Gasteiger partial charge < -0.3 is 24.0 Å². The zero-order valence-corrected chi connectivity index (χ0v) is 15.8. The van der Waals surface area contributed by atoms with E-state index >= 15 is 0 Å². The third-order valence-electron chi connectivity index (χ3n) is 4.48. The van der Waals surface area contributed by atoms with Crippen LogP contribution in [0.15, 0.2) is 67.1 Å². The zero-order chi connectivity index (χ0) is 15.8. The Hall–Kier alpha value is -1.99. The summed E-state index contributed by atoms with van der Waals surface area (Å²) in [6.07, 6.45) is 3.76. The molecule has 0 bridgehead atoms. The molecule has 3 aromatic rings. The van der Waals surface area contributed by atoms with Crippen LogP contribution in [0, 0.1) is 6.92 Å². The smallest absolute Gasteiger partial charge is 0.260 e. The second-order valence-corrected chi connectivity index (χ2v) is 5.87. The van der Waals surface area contributed by atoms with E-state index < -0.39 is 0 Å². The lowest BCUT2D eigenvalue weighted by Crippen LogP contribution is -3.06. The van der Waals surface area contributed by atoms with Crippen LogP contribution in [0.5, 0.6) is 0 Å². The van der Waals surface area contributed by atoms with E-state index in [9.17, 15) is 0 Å². The predicted octanol–water partition coefficient (Wildman–Crippen LogP) is 0.135. The van der Waals surface area contributed by atoms with Crippen LogP contribution in [0.3, 0.4) is 0 Å². The highest BCUT2D eigenvalue weighted by Gasteiger charge is 2.42. The Morgan fingerprint density at radius 2 is 1.71 bits per heavy atom. The van der Waals surface area contributed by atoms with Gasteiger partial charge in [0.05, 0.1) is 6.20 Å². The van der Waals surface area contributed by atoms with Gasteiger partial charge in [0.25, 0.3) is 5.82 Å². The molecule has 2 unspecified atom stereocenters. The molecule has 1 aliphatic rings. The minimum Gasteiger partial charge on any atom is -1.00 e. The summed E-state index contributed by atoms with van der Waals surface area (Å²) in [6.45, 7) is 4.39. The van der Waals surface area contributed by atoms with Crippen molar-refractivity contribution in [3.05, 3.63) is 72.7 Å². The molecule has 0 saturated carbocycles. The highest BCUT2D eigenvalue weighted by Crippen LogP contribution is 2.35. The maximum absolute atomic E-state index is 4.59. The summed E-state index contributed by atoms with van der Waals surface area (Å²) in [5.41, 5.74) is 4.77. The van der Waals surface area contributed by atoms with Gasteiger partial charge in [-0.25, -0.2) is 9.88 Å².